The van der Waals surface area contributed by atoms with Crippen LogP contribution in [0.2, 0.25) is 5.02 Å². The summed E-state index contributed by atoms with van der Waals surface area (Å²) in [6.45, 7) is -0.0188. The van der Waals surface area contributed by atoms with Gasteiger partial charge in [-0.25, -0.2) is 0 Å². The van der Waals surface area contributed by atoms with Gasteiger partial charge in [0.2, 0.25) is 0 Å². The van der Waals surface area contributed by atoms with Crippen molar-refractivity contribution < 1.29 is 14.3 Å². The van der Waals surface area contributed by atoms with Crippen molar-refractivity contribution in [3.8, 4) is 0 Å². The van der Waals surface area contributed by atoms with Crippen LogP contribution in [-0.2, 0) is 9.53 Å². The lowest BCUT2D eigenvalue weighted by atomic mass is 10.1. The standard InChI is InChI=1S/C15H17BrClNO3/c1-21-14(19)9-18(11-4-2-3-5-11)15(20)12-7-6-10(17)8-13(12)16/h6-8,11H,2-5,9H2,1H3. The van der Waals surface area contributed by atoms with E-state index in [0.29, 0.717) is 15.1 Å². The number of carbonyl (C=O) groups excluding carboxylic acids is 2. The van der Waals surface area contributed by atoms with Crippen LogP contribution in [0.5, 0.6) is 0 Å². The molecule has 0 saturated heterocycles. The Morgan fingerprint density at radius 3 is 2.62 bits per heavy atom. The molecule has 4 nitrogen and oxygen atoms in total. The molecule has 1 aromatic rings. The molecule has 1 fully saturated rings. The number of rotatable bonds is 4. The highest BCUT2D eigenvalue weighted by atomic mass is 79.9. The predicted octanol–water partition coefficient (Wildman–Crippen LogP) is 3.66. The lowest BCUT2D eigenvalue weighted by Crippen LogP contribution is -2.42. The monoisotopic (exact) mass is 373 g/mol. The van der Waals surface area contributed by atoms with Crippen molar-refractivity contribution in [2.24, 2.45) is 0 Å². The highest BCUT2D eigenvalue weighted by molar-refractivity contribution is 9.10. The van der Waals surface area contributed by atoms with Gasteiger partial charge in [0.25, 0.3) is 5.91 Å². The molecule has 114 valence electrons. The van der Waals surface area contributed by atoms with Gasteiger partial charge in [-0.15, -0.1) is 0 Å². The third-order valence-corrected chi connectivity index (χ3v) is 4.61. The first-order valence-corrected chi connectivity index (χ1v) is 8.03. The SMILES string of the molecule is COC(=O)CN(C(=O)c1ccc(Cl)cc1Br)C1CCCC1. The maximum absolute atomic E-state index is 12.8. The number of amides is 1. The molecule has 2 rings (SSSR count). The molecule has 0 spiro atoms. The van der Waals surface area contributed by atoms with Crippen LogP contribution in [0, 0.1) is 0 Å². The van der Waals surface area contributed by atoms with E-state index >= 15 is 0 Å². The van der Waals surface area contributed by atoms with Gasteiger partial charge in [-0.05, 0) is 47.0 Å². The van der Waals surface area contributed by atoms with Gasteiger partial charge in [0.1, 0.15) is 6.54 Å². The van der Waals surface area contributed by atoms with E-state index in [0.717, 1.165) is 25.7 Å². The van der Waals surface area contributed by atoms with Gasteiger partial charge >= 0.3 is 5.97 Å². The number of carbonyl (C=O) groups is 2. The Bertz CT molecular complexity index is 544. The number of methoxy groups -OCH3 is 1. The average molecular weight is 375 g/mol. The molecular formula is C15H17BrClNO3. The van der Waals surface area contributed by atoms with E-state index in [1.165, 1.54) is 7.11 Å². The van der Waals surface area contributed by atoms with Crippen molar-refractivity contribution in [2.75, 3.05) is 13.7 Å². The molecule has 0 radical (unpaired) electrons. The minimum absolute atomic E-state index is 0.0188. The van der Waals surface area contributed by atoms with Crippen molar-refractivity contribution in [1.29, 1.82) is 0 Å². The third kappa shape index (κ3) is 3.98. The zero-order valence-corrected chi connectivity index (χ0v) is 14.1. The Morgan fingerprint density at radius 1 is 1.38 bits per heavy atom. The molecule has 1 aliphatic rings. The maximum Gasteiger partial charge on any atom is 0.325 e. The van der Waals surface area contributed by atoms with Crippen molar-refractivity contribution in [3.05, 3.63) is 33.3 Å². The second-order valence-corrected chi connectivity index (χ2v) is 6.36. The predicted molar refractivity (Wildman–Crippen MR) is 84.5 cm³/mol. The van der Waals surface area contributed by atoms with Gasteiger partial charge in [0.15, 0.2) is 0 Å². The molecule has 1 saturated carbocycles. The van der Waals surface area contributed by atoms with E-state index in [1.807, 2.05) is 0 Å². The molecular weight excluding hydrogens is 358 g/mol. The van der Waals surface area contributed by atoms with Crippen LogP contribution in [-0.4, -0.2) is 36.5 Å². The summed E-state index contributed by atoms with van der Waals surface area (Å²) in [7, 11) is 1.33. The number of ether oxygens (including phenoxy) is 1. The molecule has 0 aromatic heterocycles. The Morgan fingerprint density at radius 2 is 2.05 bits per heavy atom. The van der Waals surface area contributed by atoms with E-state index in [9.17, 15) is 9.59 Å². The number of nitrogens with zero attached hydrogens (tertiary/aromatic N) is 1. The van der Waals surface area contributed by atoms with Crippen LogP contribution in [0.15, 0.2) is 22.7 Å². The zero-order chi connectivity index (χ0) is 15.4. The van der Waals surface area contributed by atoms with Crippen LogP contribution in [0.4, 0.5) is 0 Å². The second kappa shape index (κ2) is 7.27. The topological polar surface area (TPSA) is 46.6 Å². The third-order valence-electron chi connectivity index (χ3n) is 3.71. The molecule has 21 heavy (non-hydrogen) atoms. The summed E-state index contributed by atoms with van der Waals surface area (Å²) in [6, 6.07) is 5.12. The van der Waals surface area contributed by atoms with E-state index < -0.39 is 5.97 Å². The van der Waals surface area contributed by atoms with Gasteiger partial charge in [0.05, 0.1) is 12.7 Å². The van der Waals surface area contributed by atoms with E-state index in [2.05, 4.69) is 15.9 Å². The Labute approximate surface area is 137 Å². The smallest absolute Gasteiger partial charge is 0.325 e. The molecule has 0 heterocycles. The number of benzene rings is 1. The molecule has 0 N–H and O–H groups in total. The number of hydrogen-bond acceptors (Lipinski definition) is 3. The maximum atomic E-state index is 12.8. The van der Waals surface area contributed by atoms with E-state index in [4.69, 9.17) is 16.3 Å². The van der Waals surface area contributed by atoms with Crippen LogP contribution < -0.4 is 0 Å². The first-order chi connectivity index (χ1) is 10.0. The Kier molecular flexibility index (Phi) is 5.65. The highest BCUT2D eigenvalue weighted by Gasteiger charge is 2.30. The molecule has 1 aliphatic carbocycles. The van der Waals surface area contributed by atoms with Crippen LogP contribution >= 0.6 is 27.5 Å². The van der Waals surface area contributed by atoms with Gasteiger partial charge < -0.3 is 9.64 Å². The minimum Gasteiger partial charge on any atom is -0.468 e. The summed E-state index contributed by atoms with van der Waals surface area (Å²) in [4.78, 5) is 26.0. The molecule has 0 aliphatic heterocycles. The molecule has 1 aromatic carbocycles. The van der Waals surface area contributed by atoms with Gasteiger partial charge in [-0.1, -0.05) is 24.4 Å². The quantitative estimate of drug-likeness (QED) is 0.756. The number of halogens is 2. The fraction of sp³-hybridized carbons (Fsp3) is 0.467. The summed E-state index contributed by atoms with van der Waals surface area (Å²) < 4.78 is 5.34. The summed E-state index contributed by atoms with van der Waals surface area (Å²) in [5.41, 5.74) is 0.509. The zero-order valence-electron chi connectivity index (χ0n) is 11.8. The normalized spacial score (nSPS) is 15.0. The second-order valence-electron chi connectivity index (χ2n) is 5.07. The lowest BCUT2D eigenvalue weighted by Gasteiger charge is -2.28. The Hall–Kier alpha value is -1.07. The molecule has 1 amide bonds. The first-order valence-electron chi connectivity index (χ1n) is 6.85. The van der Waals surface area contributed by atoms with Gasteiger partial charge in [-0.3, -0.25) is 9.59 Å². The summed E-state index contributed by atoms with van der Waals surface area (Å²) in [5, 5.41) is 0.554. The Balaban J connectivity index is 2.26. The highest BCUT2D eigenvalue weighted by Crippen LogP contribution is 2.28. The van der Waals surface area contributed by atoms with E-state index in [1.54, 1.807) is 23.1 Å². The largest absolute Gasteiger partial charge is 0.468 e. The lowest BCUT2D eigenvalue weighted by molar-refractivity contribution is -0.141. The summed E-state index contributed by atoms with van der Waals surface area (Å²) >= 11 is 9.27. The van der Waals surface area contributed by atoms with Crippen molar-refractivity contribution >= 4 is 39.4 Å². The van der Waals surface area contributed by atoms with Crippen molar-refractivity contribution in [2.45, 2.75) is 31.7 Å². The molecule has 0 bridgehead atoms. The average Bonchev–Trinajstić information content (AvgIpc) is 2.97. The van der Waals surface area contributed by atoms with Crippen LogP contribution in [0.1, 0.15) is 36.0 Å². The van der Waals surface area contributed by atoms with Gasteiger partial charge in [-0.2, -0.15) is 0 Å². The molecule has 0 unspecified atom stereocenters. The van der Waals surface area contributed by atoms with Crippen molar-refractivity contribution in [1.82, 2.24) is 4.90 Å². The van der Waals surface area contributed by atoms with Crippen LogP contribution in [0.3, 0.4) is 0 Å². The van der Waals surface area contributed by atoms with E-state index in [-0.39, 0.29) is 18.5 Å². The fourth-order valence-electron chi connectivity index (χ4n) is 2.60. The van der Waals surface area contributed by atoms with Crippen LogP contribution in [0.25, 0.3) is 0 Å². The fourth-order valence-corrected chi connectivity index (χ4v) is 3.46. The number of hydrogen-bond donors (Lipinski definition) is 0. The summed E-state index contributed by atoms with van der Waals surface area (Å²) in [6.07, 6.45) is 4.01. The molecule has 6 heteroatoms. The number of esters is 1. The van der Waals surface area contributed by atoms with Crippen molar-refractivity contribution in [3.63, 3.8) is 0 Å². The molecule has 0 atom stereocenters. The summed E-state index contributed by atoms with van der Waals surface area (Å²) in [5.74, 6) is -0.573. The first kappa shape index (κ1) is 16.3. The minimum atomic E-state index is -0.402. The van der Waals surface area contributed by atoms with Gasteiger partial charge in [0, 0.05) is 15.5 Å².